The SMILES string of the molecule is O=C(CCCc1ccccc1)N1CCN(C(=O)Cn2cc([N+](=O)[O-])ccc2=O)CC1. The van der Waals surface area contributed by atoms with Gasteiger partial charge in [-0.25, -0.2) is 0 Å². The molecule has 0 spiro atoms. The highest BCUT2D eigenvalue weighted by atomic mass is 16.6. The molecular weight excluding hydrogens is 388 g/mol. The summed E-state index contributed by atoms with van der Waals surface area (Å²) in [4.78, 5) is 50.4. The number of aryl methyl sites for hydroxylation is 1. The van der Waals surface area contributed by atoms with E-state index in [4.69, 9.17) is 0 Å². The molecule has 0 unspecified atom stereocenters. The number of amides is 2. The van der Waals surface area contributed by atoms with Gasteiger partial charge >= 0.3 is 0 Å². The third kappa shape index (κ3) is 5.53. The van der Waals surface area contributed by atoms with Crippen molar-refractivity contribution >= 4 is 17.5 Å². The molecule has 2 amide bonds. The quantitative estimate of drug-likeness (QED) is 0.506. The van der Waals surface area contributed by atoms with Crippen molar-refractivity contribution in [3.8, 4) is 0 Å². The number of aromatic nitrogens is 1. The number of nitrogens with zero attached hydrogens (tertiary/aromatic N) is 4. The molecule has 2 heterocycles. The van der Waals surface area contributed by atoms with E-state index in [1.165, 1.54) is 5.56 Å². The van der Waals surface area contributed by atoms with Gasteiger partial charge in [-0.2, -0.15) is 0 Å². The van der Waals surface area contributed by atoms with Crippen LogP contribution < -0.4 is 5.56 Å². The fourth-order valence-corrected chi connectivity index (χ4v) is 3.45. The number of benzene rings is 1. The van der Waals surface area contributed by atoms with E-state index in [2.05, 4.69) is 0 Å². The largest absolute Gasteiger partial charge is 0.339 e. The lowest BCUT2D eigenvalue weighted by atomic mass is 10.1. The molecule has 0 radical (unpaired) electrons. The molecule has 1 aromatic carbocycles. The molecule has 2 aromatic rings. The minimum Gasteiger partial charge on any atom is -0.339 e. The number of piperazine rings is 1. The fraction of sp³-hybridized carbons (Fsp3) is 0.381. The average Bonchev–Trinajstić information content (AvgIpc) is 2.76. The van der Waals surface area contributed by atoms with Gasteiger partial charge in [0.25, 0.3) is 11.2 Å². The lowest BCUT2D eigenvalue weighted by molar-refractivity contribution is -0.385. The highest BCUT2D eigenvalue weighted by Crippen LogP contribution is 2.10. The molecule has 0 N–H and O–H groups in total. The second-order valence-electron chi connectivity index (χ2n) is 7.21. The van der Waals surface area contributed by atoms with E-state index < -0.39 is 10.5 Å². The van der Waals surface area contributed by atoms with E-state index in [0.29, 0.717) is 32.6 Å². The van der Waals surface area contributed by atoms with E-state index in [-0.39, 0.29) is 24.0 Å². The number of pyridine rings is 1. The van der Waals surface area contributed by atoms with Gasteiger partial charge in [-0.1, -0.05) is 30.3 Å². The first-order chi connectivity index (χ1) is 14.4. The molecule has 3 rings (SSSR count). The Balaban J connectivity index is 1.46. The normalized spacial score (nSPS) is 13.9. The van der Waals surface area contributed by atoms with Crippen LogP contribution in [0.1, 0.15) is 18.4 Å². The van der Waals surface area contributed by atoms with Crippen molar-refractivity contribution in [2.75, 3.05) is 26.2 Å². The minimum atomic E-state index is -0.609. The van der Waals surface area contributed by atoms with E-state index in [1.54, 1.807) is 9.80 Å². The van der Waals surface area contributed by atoms with Crippen LogP contribution >= 0.6 is 0 Å². The zero-order chi connectivity index (χ0) is 21.5. The van der Waals surface area contributed by atoms with Gasteiger partial charge in [0.05, 0.1) is 11.1 Å². The topological polar surface area (TPSA) is 106 Å². The van der Waals surface area contributed by atoms with Crippen LogP contribution in [0.15, 0.2) is 53.5 Å². The Bertz CT molecular complexity index is 965. The Morgan fingerprint density at radius 3 is 2.20 bits per heavy atom. The number of carbonyl (C=O) groups is 2. The van der Waals surface area contributed by atoms with Crippen LogP contribution in [0.25, 0.3) is 0 Å². The van der Waals surface area contributed by atoms with Crippen molar-refractivity contribution in [3.05, 3.63) is 74.7 Å². The van der Waals surface area contributed by atoms with Gasteiger partial charge in [0.2, 0.25) is 11.8 Å². The summed E-state index contributed by atoms with van der Waals surface area (Å²) in [5.74, 6) is -0.221. The van der Waals surface area contributed by atoms with Crippen molar-refractivity contribution in [2.45, 2.75) is 25.8 Å². The first kappa shape index (κ1) is 21.2. The van der Waals surface area contributed by atoms with E-state index in [1.807, 2.05) is 30.3 Å². The number of rotatable bonds is 7. The molecule has 1 saturated heterocycles. The van der Waals surface area contributed by atoms with E-state index in [9.17, 15) is 24.5 Å². The highest BCUT2D eigenvalue weighted by molar-refractivity contribution is 5.78. The molecule has 9 nitrogen and oxygen atoms in total. The van der Waals surface area contributed by atoms with Crippen LogP contribution in [0.2, 0.25) is 0 Å². The Morgan fingerprint density at radius 2 is 1.57 bits per heavy atom. The van der Waals surface area contributed by atoms with Crippen molar-refractivity contribution in [1.29, 1.82) is 0 Å². The summed E-state index contributed by atoms with van der Waals surface area (Å²) in [6, 6.07) is 12.2. The van der Waals surface area contributed by atoms with Crippen LogP contribution in [-0.4, -0.2) is 57.3 Å². The zero-order valence-electron chi connectivity index (χ0n) is 16.6. The number of hydrogen-bond acceptors (Lipinski definition) is 5. The average molecular weight is 412 g/mol. The van der Waals surface area contributed by atoms with Gasteiger partial charge < -0.3 is 9.80 Å². The Morgan fingerprint density at radius 1 is 0.933 bits per heavy atom. The number of carbonyl (C=O) groups excluding carboxylic acids is 2. The van der Waals surface area contributed by atoms with Crippen molar-refractivity contribution in [1.82, 2.24) is 14.4 Å². The van der Waals surface area contributed by atoms with E-state index >= 15 is 0 Å². The van der Waals surface area contributed by atoms with Gasteiger partial charge in [0.1, 0.15) is 6.54 Å². The molecule has 9 heteroatoms. The molecule has 0 aliphatic carbocycles. The minimum absolute atomic E-state index is 0.0768. The molecule has 30 heavy (non-hydrogen) atoms. The molecule has 1 aliphatic rings. The van der Waals surface area contributed by atoms with Crippen LogP contribution in [0, 0.1) is 10.1 Å². The maximum atomic E-state index is 12.5. The maximum Gasteiger partial charge on any atom is 0.285 e. The summed E-state index contributed by atoms with van der Waals surface area (Å²) >= 11 is 0. The van der Waals surface area contributed by atoms with Gasteiger partial charge in [0, 0.05) is 44.7 Å². The van der Waals surface area contributed by atoms with Crippen LogP contribution in [0.5, 0.6) is 0 Å². The molecule has 1 aromatic heterocycles. The molecule has 1 fully saturated rings. The summed E-state index contributed by atoms with van der Waals surface area (Å²) in [6.45, 7) is 1.39. The molecule has 0 bridgehead atoms. The lowest BCUT2D eigenvalue weighted by Gasteiger charge is -2.35. The Kier molecular flexibility index (Phi) is 6.95. The van der Waals surface area contributed by atoms with Gasteiger partial charge in [-0.05, 0) is 18.4 Å². The van der Waals surface area contributed by atoms with E-state index in [0.717, 1.165) is 35.7 Å². The fourth-order valence-electron chi connectivity index (χ4n) is 3.45. The standard InChI is InChI=1S/C21H24N4O5/c26-19(8-4-7-17-5-2-1-3-6-17)22-11-13-23(14-12-22)21(28)16-24-15-18(25(29)30)9-10-20(24)27/h1-3,5-6,9-10,15H,4,7-8,11-14,16H2. The van der Waals surface area contributed by atoms with Gasteiger partial charge in [0.15, 0.2) is 0 Å². The molecular formula is C21H24N4O5. The highest BCUT2D eigenvalue weighted by Gasteiger charge is 2.24. The molecule has 158 valence electrons. The molecule has 0 saturated carbocycles. The summed E-state index contributed by atoms with van der Waals surface area (Å²) < 4.78 is 1.04. The summed E-state index contributed by atoms with van der Waals surface area (Å²) in [5.41, 5.74) is 0.492. The van der Waals surface area contributed by atoms with Crippen molar-refractivity contribution < 1.29 is 14.5 Å². The predicted molar refractivity (Wildman–Crippen MR) is 110 cm³/mol. The third-order valence-corrected chi connectivity index (χ3v) is 5.17. The smallest absolute Gasteiger partial charge is 0.285 e. The van der Waals surface area contributed by atoms with Gasteiger partial charge in [-0.3, -0.25) is 29.1 Å². The Labute approximate surface area is 173 Å². The third-order valence-electron chi connectivity index (χ3n) is 5.17. The zero-order valence-corrected chi connectivity index (χ0v) is 16.6. The second-order valence-corrected chi connectivity index (χ2v) is 7.21. The number of hydrogen-bond donors (Lipinski definition) is 0. The summed E-state index contributed by atoms with van der Waals surface area (Å²) in [5, 5.41) is 10.9. The molecule has 1 aliphatic heterocycles. The summed E-state index contributed by atoms with van der Waals surface area (Å²) in [6.07, 6.45) is 3.17. The van der Waals surface area contributed by atoms with Crippen LogP contribution in [0.3, 0.4) is 0 Å². The predicted octanol–water partition coefficient (Wildman–Crippen LogP) is 1.45. The first-order valence-electron chi connectivity index (χ1n) is 9.88. The number of nitro groups is 1. The van der Waals surface area contributed by atoms with Crippen molar-refractivity contribution in [3.63, 3.8) is 0 Å². The van der Waals surface area contributed by atoms with Crippen molar-refractivity contribution in [2.24, 2.45) is 0 Å². The van der Waals surface area contributed by atoms with Crippen LogP contribution in [0.4, 0.5) is 5.69 Å². The maximum absolute atomic E-state index is 12.5. The second kappa shape index (κ2) is 9.82. The Hall–Kier alpha value is -3.49. The van der Waals surface area contributed by atoms with Gasteiger partial charge in [-0.15, -0.1) is 0 Å². The summed E-state index contributed by atoms with van der Waals surface area (Å²) in [7, 11) is 0. The lowest BCUT2D eigenvalue weighted by Crippen LogP contribution is -2.51. The molecule has 0 atom stereocenters. The monoisotopic (exact) mass is 412 g/mol. The van der Waals surface area contributed by atoms with Crippen LogP contribution in [-0.2, 0) is 22.6 Å². The first-order valence-corrected chi connectivity index (χ1v) is 9.88.